The van der Waals surface area contributed by atoms with Gasteiger partial charge in [-0.1, -0.05) is 17.3 Å². The summed E-state index contributed by atoms with van der Waals surface area (Å²) < 4.78 is 37.9. The van der Waals surface area contributed by atoms with E-state index in [0.717, 1.165) is 18.4 Å². The minimum Gasteiger partial charge on any atom is -0.443 e. The Kier molecular flexibility index (Phi) is 5.73. The second-order valence-corrected chi connectivity index (χ2v) is 8.06. The fourth-order valence-corrected chi connectivity index (χ4v) is 4.11. The predicted octanol–water partition coefficient (Wildman–Crippen LogP) is 5.57. The second kappa shape index (κ2) is 8.97. The van der Waals surface area contributed by atoms with Gasteiger partial charge in [-0.05, 0) is 61.2 Å². The number of benzene rings is 2. The van der Waals surface area contributed by atoms with Crippen molar-refractivity contribution in [1.29, 1.82) is 0 Å². The first-order chi connectivity index (χ1) is 16.1. The lowest BCUT2D eigenvalue weighted by molar-refractivity contribution is 0.0528. The minimum absolute atomic E-state index is 0.104. The Balaban J connectivity index is 1.34. The molecule has 1 fully saturated rings. The van der Waals surface area contributed by atoms with Crippen molar-refractivity contribution in [3.05, 3.63) is 95.4 Å². The molecule has 8 heteroatoms. The SMILES string of the molecule is O=C(c1cc(-c2ccc(F)cc2)no1)N1CCCC[C@@H]1c1ncc(Cc2cccc(F)c2)o1. The van der Waals surface area contributed by atoms with Crippen molar-refractivity contribution in [3.8, 4) is 11.3 Å². The summed E-state index contributed by atoms with van der Waals surface area (Å²) in [5.41, 5.74) is 1.90. The third kappa shape index (κ3) is 4.55. The lowest BCUT2D eigenvalue weighted by Crippen LogP contribution is -2.38. The van der Waals surface area contributed by atoms with Crippen molar-refractivity contribution in [2.45, 2.75) is 31.7 Å². The molecule has 6 nitrogen and oxygen atoms in total. The van der Waals surface area contributed by atoms with E-state index in [4.69, 9.17) is 8.94 Å². The average molecular weight is 449 g/mol. The van der Waals surface area contributed by atoms with E-state index >= 15 is 0 Å². The number of hydrogen-bond donors (Lipinski definition) is 0. The fraction of sp³-hybridized carbons (Fsp3) is 0.240. The monoisotopic (exact) mass is 449 g/mol. The van der Waals surface area contributed by atoms with Crippen LogP contribution < -0.4 is 0 Å². The molecule has 0 aliphatic carbocycles. The number of carbonyl (C=O) groups is 1. The number of nitrogens with zero attached hydrogens (tertiary/aromatic N) is 3. The van der Waals surface area contributed by atoms with Crippen LogP contribution in [0.3, 0.4) is 0 Å². The first kappa shape index (κ1) is 21.1. The Hall–Kier alpha value is -3.81. The predicted molar refractivity (Wildman–Crippen MR) is 115 cm³/mol. The highest BCUT2D eigenvalue weighted by molar-refractivity contribution is 5.92. The number of rotatable bonds is 5. The normalized spacial score (nSPS) is 16.2. The summed E-state index contributed by atoms with van der Waals surface area (Å²) in [5.74, 6) is 0.207. The molecule has 2 aromatic carbocycles. The van der Waals surface area contributed by atoms with Gasteiger partial charge < -0.3 is 13.8 Å². The highest BCUT2D eigenvalue weighted by atomic mass is 19.1. The molecule has 0 N–H and O–H groups in total. The molecule has 3 heterocycles. The molecule has 1 saturated heterocycles. The maximum atomic E-state index is 13.5. The van der Waals surface area contributed by atoms with Crippen LogP contribution in [0.15, 0.2) is 69.7 Å². The van der Waals surface area contributed by atoms with Crippen molar-refractivity contribution in [1.82, 2.24) is 15.0 Å². The van der Waals surface area contributed by atoms with E-state index < -0.39 is 0 Å². The molecule has 5 rings (SSSR count). The summed E-state index contributed by atoms with van der Waals surface area (Å²) in [5, 5.41) is 3.97. The Morgan fingerprint density at radius 2 is 1.91 bits per heavy atom. The molecule has 1 aliphatic rings. The van der Waals surface area contributed by atoms with Crippen LogP contribution in [0.25, 0.3) is 11.3 Å². The number of hydrogen-bond acceptors (Lipinski definition) is 5. The van der Waals surface area contributed by atoms with Gasteiger partial charge in [-0.25, -0.2) is 13.8 Å². The molecule has 4 aromatic rings. The lowest BCUT2D eigenvalue weighted by atomic mass is 10.0. The summed E-state index contributed by atoms with van der Waals surface area (Å²) in [6, 6.07) is 13.4. The zero-order valence-corrected chi connectivity index (χ0v) is 17.7. The van der Waals surface area contributed by atoms with Gasteiger partial charge in [-0.15, -0.1) is 0 Å². The molecular weight excluding hydrogens is 428 g/mol. The van der Waals surface area contributed by atoms with Crippen LogP contribution in [0.2, 0.25) is 0 Å². The van der Waals surface area contributed by atoms with Crippen LogP contribution in [0, 0.1) is 11.6 Å². The van der Waals surface area contributed by atoms with Gasteiger partial charge in [0.1, 0.15) is 29.1 Å². The molecule has 1 atom stereocenters. The van der Waals surface area contributed by atoms with Gasteiger partial charge in [-0.3, -0.25) is 4.79 Å². The quantitative estimate of drug-likeness (QED) is 0.399. The van der Waals surface area contributed by atoms with E-state index in [0.29, 0.717) is 42.3 Å². The molecular formula is C25H21F2N3O3. The van der Waals surface area contributed by atoms with E-state index in [-0.39, 0.29) is 29.3 Å². The van der Waals surface area contributed by atoms with Gasteiger partial charge in [0.15, 0.2) is 0 Å². The van der Waals surface area contributed by atoms with Gasteiger partial charge >= 0.3 is 0 Å². The molecule has 0 radical (unpaired) electrons. The van der Waals surface area contributed by atoms with Gasteiger partial charge in [0.25, 0.3) is 5.91 Å². The Morgan fingerprint density at radius 1 is 1.06 bits per heavy atom. The first-order valence-corrected chi connectivity index (χ1v) is 10.8. The van der Waals surface area contributed by atoms with Crippen LogP contribution in [-0.4, -0.2) is 27.5 Å². The number of piperidine rings is 1. The van der Waals surface area contributed by atoms with Crippen molar-refractivity contribution >= 4 is 5.91 Å². The zero-order chi connectivity index (χ0) is 22.8. The molecule has 0 unspecified atom stereocenters. The van der Waals surface area contributed by atoms with E-state index in [1.165, 1.54) is 24.3 Å². The van der Waals surface area contributed by atoms with Crippen LogP contribution in [0.5, 0.6) is 0 Å². The number of carbonyl (C=O) groups excluding carboxylic acids is 1. The summed E-state index contributed by atoms with van der Waals surface area (Å²) in [6.07, 6.45) is 4.54. The molecule has 1 aliphatic heterocycles. The molecule has 0 bridgehead atoms. The lowest BCUT2D eigenvalue weighted by Gasteiger charge is -2.32. The maximum Gasteiger partial charge on any atom is 0.293 e. The molecule has 1 amide bonds. The van der Waals surface area contributed by atoms with E-state index in [1.54, 1.807) is 35.4 Å². The number of amides is 1. The highest BCUT2D eigenvalue weighted by Crippen LogP contribution is 2.33. The van der Waals surface area contributed by atoms with Crippen LogP contribution in [-0.2, 0) is 6.42 Å². The Labute approximate surface area is 188 Å². The Bertz CT molecular complexity index is 1270. The van der Waals surface area contributed by atoms with Crippen molar-refractivity contribution in [3.63, 3.8) is 0 Å². The van der Waals surface area contributed by atoms with E-state index in [2.05, 4.69) is 10.1 Å². The number of aromatic nitrogens is 2. The van der Waals surface area contributed by atoms with Gasteiger partial charge in [-0.2, -0.15) is 0 Å². The van der Waals surface area contributed by atoms with Crippen molar-refractivity contribution in [2.24, 2.45) is 0 Å². The van der Waals surface area contributed by atoms with Crippen LogP contribution in [0.4, 0.5) is 8.78 Å². The minimum atomic E-state index is -0.350. The van der Waals surface area contributed by atoms with Crippen molar-refractivity contribution in [2.75, 3.05) is 6.54 Å². The standard InChI is InChI=1S/C25H21F2N3O3/c26-18-9-7-17(8-10-18)21-14-23(33-29-21)25(31)30-11-2-1-6-22(30)24-28-15-20(32-24)13-16-4-3-5-19(27)12-16/h3-5,7-10,12,14-15,22H,1-2,6,11,13H2/t22-/m1/s1. The molecule has 168 valence electrons. The first-order valence-electron chi connectivity index (χ1n) is 10.8. The topological polar surface area (TPSA) is 72.4 Å². The summed E-state index contributed by atoms with van der Waals surface area (Å²) in [6.45, 7) is 0.539. The molecule has 2 aromatic heterocycles. The van der Waals surface area contributed by atoms with Crippen LogP contribution >= 0.6 is 0 Å². The summed E-state index contributed by atoms with van der Waals surface area (Å²) in [4.78, 5) is 19.3. The van der Waals surface area contributed by atoms with Gasteiger partial charge in [0.2, 0.25) is 11.7 Å². The van der Waals surface area contributed by atoms with Gasteiger partial charge in [0, 0.05) is 24.6 Å². The van der Waals surface area contributed by atoms with E-state index in [9.17, 15) is 13.6 Å². The van der Waals surface area contributed by atoms with Crippen LogP contribution in [0.1, 0.15) is 53.1 Å². The second-order valence-electron chi connectivity index (χ2n) is 8.06. The summed E-state index contributed by atoms with van der Waals surface area (Å²) >= 11 is 0. The maximum absolute atomic E-state index is 13.5. The number of halogens is 2. The molecule has 0 spiro atoms. The highest BCUT2D eigenvalue weighted by Gasteiger charge is 2.33. The van der Waals surface area contributed by atoms with Gasteiger partial charge in [0.05, 0.1) is 6.20 Å². The third-order valence-electron chi connectivity index (χ3n) is 5.75. The van der Waals surface area contributed by atoms with E-state index in [1.807, 2.05) is 6.07 Å². The largest absolute Gasteiger partial charge is 0.443 e. The number of likely N-dealkylation sites (tertiary alicyclic amines) is 1. The molecule has 0 saturated carbocycles. The Morgan fingerprint density at radius 3 is 2.73 bits per heavy atom. The fourth-order valence-electron chi connectivity index (χ4n) is 4.11. The average Bonchev–Trinajstić information content (AvgIpc) is 3.49. The number of oxazole rings is 1. The van der Waals surface area contributed by atoms with Crippen molar-refractivity contribution < 1.29 is 22.5 Å². The summed E-state index contributed by atoms with van der Waals surface area (Å²) in [7, 11) is 0. The smallest absolute Gasteiger partial charge is 0.293 e. The molecule has 33 heavy (non-hydrogen) atoms. The third-order valence-corrected chi connectivity index (χ3v) is 5.75. The zero-order valence-electron chi connectivity index (χ0n) is 17.7.